The predicted octanol–water partition coefficient (Wildman–Crippen LogP) is 15.7. The minimum absolute atomic E-state index is 0. The summed E-state index contributed by atoms with van der Waals surface area (Å²) >= 11 is 0. The van der Waals surface area contributed by atoms with E-state index in [1.54, 1.807) is 0 Å². The van der Waals surface area contributed by atoms with Gasteiger partial charge in [0.15, 0.2) is 0 Å². The van der Waals surface area contributed by atoms with Crippen LogP contribution in [0.25, 0.3) is 78.3 Å². The van der Waals surface area contributed by atoms with Gasteiger partial charge >= 0.3 is 20.1 Å². The number of nitriles is 1. The molecule has 0 bridgehead atoms. The van der Waals surface area contributed by atoms with E-state index in [-0.39, 0.29) is 25.5 Å². The Kier molecular flexibility index (Phi) is 14.8. The molecule has 7 aromatic carbocycles. The van der Waals surface area contributed by atoms with Gasteiger partial charge < -0.3 is 15.0 Å². The number of rotatable bonds is 13. The van der Waals surface area contributed by atoms with E-state index in [0.717, 1.165) is 98.4 Å². The molecule has 0 aliphatic carbocycles. The first kappa shape index (κ1) is 48.2. The van der Waals surface area contributed by atoms with Crippen molar-refractivity contribution in [2.45, 2.75) is 51.9 Å². The monoisotopic (exact) mass is 1090 g/mol. The second-order valence-electron chi connectivity index (χ2n) is 18.9. The largest absolute Gasteiger partial charge is 3.00 e. The molecular formula is C66H51IrN4. The fourth-order valence-electron chi connectivity index (χ4n) is 9.02. The van der Waals surface area contributed by atoms with E-state index in [4.69, 9.17) is 4.98 Å². The van der Waals surface area contributed by atoms with Crippen molar-refractivity contribution in [3.8, 4) is 84.3 Å². The van der Waals surface area contributed by atoms with Gasteiger partial charge in [0.05, 0.1) is 11.6 Å². The molecule has 3 heterocycles. The zero-order chi connectivity index (χ0) is 47.9. The van der Waals surface area contributed by atoms with Gasteiger partial charge in [-0.25, -0.2) is 0 Å². The van der Waals surface area contributed by atoms with Crippen molar-refractivity contribution in [3.63, 3.8) is 0 Å². The van der Waals surface area contributed by atoms with E-state index in [0.29, 0.717) is 5.56 Å². The Hall–Kier alpha value is -7.87. The Labute approximate surface area is 432 Å². The van der Waals surface area contributed by atoms with Gasteiger partial charge in [-0.05, 0) is 104 Å². The third-order valence-corrected chi connectivity index (χ3v) is 13.0. The average molecular weight is 1090 g/mol. The van der Waals surface area contributed by atoms with Gasteiger partial charge in [-0.2, -0.15) is 5.26 Å². The van der Waals surface area contributed by atoms with E-state index in [9.17, 15) is 5.26 Å². The van der Waals surface area contributed by atoms with Crippen LogP contribution in [0.15, 0.2) is 207 Å². The molecule has 0 N–H and O–H groups in total. The van der Waals surface area contributed by atoms with Crippen LogP contribution in [0, 0.1) is 29.5 Å². The van der Waals surface area contributed by atoms with Crippen molar-refractivity contribution in [2.75, 3.05) is 0 Å². The van der Waals surface area contributed by atoms with Crippen LogP contribution in [-0.4, -0.2) is 15.0 Å². The zero-order valence-corrected chi connectivity index (χ0v) is 42.5. The molecule has 4 nitrogen and oxygen atoms in total. The van der Waals surface area contributed by atoms with Gasteiger partial charge in [-0.3, -0.25) is 0 Å². The summed E-state index contributed by atoms with van der Waals surface area (Å²) in [5.41, 5.74) is 21.5. The van der Waals surface area contributed by atoms with Gasteiger partial charge in [0.25, 0.3) is 0 Å². The summed E-state index contributed by atoms with van der Waals surface area (Å²) in [5, 5.41) is 9.40. The number of pyridine rings is 3. The van der Waals surface area contributed by atoms with E-state index >= 15 is 0 Å². The third-order valence-electron chi connectivity index (χ3n) is 13.0. The predicted molar refractivity (Wildman–Crippen MR) is 286 cm³/mol. The molecule has 3 aromatic heterocycles. The Morgan fingerprint density at radius 2 is 0.944 bits per heavy atom. The number of hydrogen-bond donors (Lipinski definition) is 0. The molecule has 10 rings (SSSR count). The van der Waals surface area contributed by atoms with Crippen LogP contribution >= 0.6 is 0 Å². The van der Waals surface area contributed by atoms with Crippen LogP contribution < -0.4 is 0 Å². The number of aromatic nitrogens is 3. The van der Waals surface area contributed by atoms with Gasteiger partial charge in [-0.15, -0.1) is 94.5 Å². The molecule has 0 fully saturated rings. The van der Waals surface area contributed by atoms with E-state index in [1.165, 1.54) is 33.4 Å². The Morgan fingerprint density at radius 3 is 1.45 bits per heavy atom. The smallest absolute Gasteiger partial charge is 0.305 e. The molecule has 71 heavy (non-hydrogen) atoms. The summed E-state index contributed by atoms with van der Waals surface area (Å²) < 4.78 is 0. The molecule has 5 heteroatoms. The fourth-order valence-corrected chi connectivity index (χ4v) is 9.02. The first-order chi connectivity index (χ1) is 34.2. The third kappa shape index (κ3) is 11.4. The van der Waals surface area contributed by atoms with Crippen LogP contribution in [0.4, 0.5) is 0 Å². The number of hydrogen-bond acceptors (Lipinski definition) is 4. The topological polar surface area (TPSA) is 62.5 Å². The van der Waals surface area contributed by atoms with Crippen LogP contribution in [0.3, 0.4) is 0 Å². The first-order valence-corrected chi connectivity index (χ1v) is 23.9. The molecule has 0 saturated heterocycles. The second-order valence-corrected chi connectivity index (χ2v) is 18.9. The first-order valence-electron chi connectivity index (χ1n) is 23.9. The minimum atomic E-state index is -0.00284. The SMILES string of the molecule is CC(C)(C)c1ccc(-c2[c-]cc(-c3ccccc3-c3cc(CCc4c[c-]c(-c5ccccn5)cc4)cc(CCc4c[c-]c(-c5ccccn5)cc4)c3)c(-c3ccc(-c4ccc(C#N)cc4)cc3)c2)nc1.[Ir+3]. The molecule has 0 aliphatic heterocycles. The van der Waals surface area contributed by atoms with Crippen LogP contribution in [0.5, 0.6) is 0 Å². The van der Waals surface area contributed by atoms with Crippen molar-refractivity contribution in [1.82, 2.24) is 15.0 Å². The van der Waals surface area contributed by atoms with Crippen molar-refractivity contribution >= 4 is 0 Å². The van der Waals surface area contributed by atoms with E-state index in [2.05, 4.69) is 182 Å². The molecule has 0 unspecified atom stereocenters. The molecule has 0 radical (unpaired) electrons. The molecule has 0 spiro atoms. The summed E-state index contributed by atoms with van der Waals surface area (Å²) in [6.45, 7) is 6.64. The maximum absolute atomic E-state index is 9.40. The van der Waals surface area contributed by atoms with Gasteiger partial charge in [-0.1, -0.05) is 166 Å². The molecule has 344 valence electrons. The summed E-state index contributed by atoms with van der Waals surface area (Å²) in [6, 6.07) is 78.9. The molecule has 0 aliphatic rings. The maximum Gasteiger partial charge on any atom is 3.00 e. The zero-order valence-electron chi connectivity index (χ0n) is 40.1. The normalized spacial score (nSPS) is 11.1. The molecule has 10 aromatic rings. The quantitative estimate of drug-likeness (QED) is 0.108. The number of aryl methyl sites for hydroxylation is 4. The Morgan fingerprint density at radius 1 is 0.423 bits per heavy atom. The molecule has 0 saturated carbocycles. The fraction of sp³-hybridized carbons (Fsp3) is 0.121. The van der Waals surface area contributed by atoms with Crippen molar-refractivity contribution in [2.24, 2.45) is 0 Å². The molecule has 0 amide bonds. The average Bonchev–Trinajstić information content (AvgIpc) is 3.42. The summed E-state index contributed by atoms with van der Waals surface area (Å²) in [5.74, 6) is 0. The van der Waals surface area contributed by atoms with Crippen LogP contribution in [0.1, 0.15) is 54.2 Å². The van der Waals surface area contributed by atoms with Gasteiger partial charge in [0.2, 0.25) is 0 Å². The van der Waals surface area contributed by atoms with Crippen LogP contribution in [0.2, 0.25) is 0 Å². The summed E-state index contributed by atoms with van der Waals surface area (Å²) in [4.78, 5) is 14.0. The second kappa shape index (κ2) is 21.8. The van der Waals surface area contributed by atoms with Crippen molar-refractivity contribution < 1.29 is 20.1 Å². The van der Waals surface area contributed by atoms with Gasteiger partial charge in [0, 0.05) is 18.6 Å². The Balaban J connectivity index is 0.00000624. The Bertz CT molecular complexity index is 3300. The molecule has 0 atom stereocenters. The maximum atomic E-state index is 9.40. The number of benzene rings is 7. The standard InChI is InChI=1S/C66H51N4.Ir/c1-66(2,3)58-35-37-65(70-45-58)56-34-36-61(62(43-56)53-32-30-52(31-33-53)51-24-22-48(44-67)23-25-51)60-11-5-4-10-59(60)57-41-49(16-14-46-18-26-54(27-19-46)63-12-6-8-38-68-63)40-50(42-57)17-15-47-20-28-55(29-21-47)64-13-7-9-39-69-64;/h4-13,18-26,28,30-33,35-43,45H,14-17H2,1-3H3;/q-3;+3. The number of nitrogens with zero attached hydrogens (tertiary/aromatic N) is 4. The minimum Gasteiger partial charge on any atom is -0.305 e. The van der Waals surface area contributed by atoms with E-state index in [1.807, 2.05) is 79.3 Å². The van der Waals surface area contributed by atoms with Crippen LogP contribution in [-0.2, 0) is 51.2 Å². The van der Waals surface area contributed by atoms with Gasteiger partial charge in [0.1, 0.15) is 0 Å². The summed E-state index contributed by atoms with van der Waals surface area (Å²) in [7, 11) is 0. The van der Waals surface area contributed by atoms with Crippen molar-refractivity contribution in [3.05, 3.63) is 258 Å². The molecular weight excluding hydrogens is 1040 g/mol. The van der Waals surface area contributed by atoms with Crippen molar-refractivity contribution in [1.29, 1.82) is 5.26 Å². The van der Waals surface area contributed by atoms with E-state index < -0.39 is 0 Å². The summed E-state index contributed by atoms with van der Waals surface area (Å²) in [6.07, 6.45) is 9.18.